The van der Waals surface area contributed by atoms with Crippen molar-refractivity contribution in [2.75, 3.05) is 6.61 Å². The number of nitro benzene ring substituents is 1. The third-order valence-corrected chi connectivity index (χ3v) is 3.60. The van der Waals surface area contributed by atoms with Crippen molar-refractivity contribution in [1.29, 1.82) is 0 Å². The highest BCUT2D eigenvalue weighted by Gasteiger charge is 2.09. The molecule has 0 aliphatic carbocycles. The van der Waals surface area contributed by atoms with E-state index in [2.05, 4.69) is 21.2 Å². The number of amides is 1. The van der Waals surface area contributed by atoms with Gasteiger partial charge in [0.1, 0.15) is 11.6 Å². The lowest BCUT2D eigenvalue weighted by Gasteiger charge is -2.14. The Labute approximate surface area is 144 Å². The Hall–Kier alpha value is -2.68. The van der Waals surface area contributed by atoms with Crippen molar-refractivity contribution < 1.29 is 24.0 Å². The van der Waals surface area contributed by atoms with Crippen molar-refractivity contribution in [1.82, 2.24) is 5.32 Å². The first-order valence-electron chi connectivity index (χ1n) is 6.65. The Kier molecular flexibility index (Phi) is 5.69. The van der Waals surface area contributed by atoms with E-state index in [-0.39, 0.29) is 30.2 Å². The Balaban J connectivity index is 1.91. The molecule has 0 bridgehead atoms. The number of nitrogens with one attached hydrogen (secondary N) is 1. The number of halogens is 2. The van der Waals surface area contributed by atoms with Crippen molar-refractivity contribution in [3.8, 4) is 11.5 Å². The van der Waals surface area contributed by atoms with Crippen LogP contribution in [-0.2, 0) is 11.3 Å². The van der Waals surface area contributed by atoms with Crippen molar-refractivity contribution >= 4 is 27.5 Å². The third kappa shape index (κ3) is 4.66. The van der Waals surface area contributed by atoms with Crippen LogP contribution in [0.4, 0.5) is 10.1 Å². The molecular weight excluding hydrogens is 387 g/mol. The summed E-state index contributed by atoms with van der Waals surface area (Å²) in [6.07, 6.45) is 0. The molecule has 2 aromatic rings. The maximum absolute atomic E-state index is 12.9. The molecule has 9 heteroatoms. The average Bonchev–Trinajstić information content (AvgIpc) is 2.53. The molecule has 0 atom stereocenters. The summed E-state index contributed by atoms with van der Waals surface area (Å²) >= 11 is 3.10. The number of benzene rings is 2. The minimum Gasteiger partial charge on any atom is -0.872 e. The molecular formula is C15H11BrFN2O5-. The van der Waals surface area contributed by atoms with Gasteiger partial charge in [0.25, 0.3) is 11.6 Å². The highest BCUT2D eigenvalue weighted by atomic mass is 79.9. The van der Waals surface area contributed by atoms with Crippen molar-refractivity contribution in [3.05, 3.63) is 62.4 Å². The van der Waals surface area contributed by atoms with E-state index in [1.54, 1.807) is 0 Å². The second kappa shape index (κ2) is 7.73. The van der Waals surface area contributed by atoms with Gasteiger partial charge in [-0.15, -0.1) is 5.75 Å². The Morgan fingerprint density at radius 3 is 2.71 bits per heavy atom. The second-order valence-corrected chi connectivity index (χ2v) is 5.54. The number of hydrogen-bond donors (Lipinski definition) is 1. The minimum absolute atomic E-state index is 0.0977. The van der Waals surface area contributed by atoms with E-state index in [0.29, 0.717) is 4.47 Å². The van der Waals surface area contributed by atoms with E-state index in [1.165, 1.54) is 18.2 Å². The molecule has 0 radical (unpaired) electrons. The normalized spacial score (nSPS) is 10.2. The van der Waals surface area contributed by atoms with Crippen LogP contribution in [0.2, 0.25) is 0 Å². The molecule has 0 aromatic heterocycles. The fourth-order valence-electron chi connectivity index (χ4n) is 1.80. The van der Waals surface area contributed by atoms with Crippen LogP contribution < -0.4 is 15.2 Å². The molecule has 2 rings (SSSR count). The second-order valence-electron chi connectivity index (χ2n) is 4.69. The maximum Gasteiger partial charge on any atom is 0.269 e. The first kappa shape index (κ1) is 17.7. The van der Waals surface area contributed by atoms with E-state index in [9.17, 15) is 24.4 Å². The van der Waals surface area contributed by atoms with Gasteiger partial charge in [-0.25, -0.2) is 4.39 Å². The molecule has 7 nitrogen and oxygen atoms in total. The monoisotopic (exact) mass is 397 g/mol. The van der Waals surface area contributed by atoms with Gasteiger partial charge in [0.2, 0.25) is 0 Å². The molecule has 0 saturated carbocycles. The van der Waals surface area contributed by atoms with Gasteiger partial charge in [-0.1, -0.05) is 6.07 Å². The topological polar surface area (TPSA) is 105 Å². The summed E-state index contributed by atoms with van der Waals surface area (Å²) in [5.41, 5.74) is -0.133. The summed E-state index contributed by atoms with van der Waals surface area (Å²) in [6, 6.07) is 7.03. The first-order chi connectivity index (χ1) is 11.4. The summed E-state index contributed by atoms with van der Waals surface area (Å²) in [5, 5.41) is 24.7. The van der Waals surface area contributed by atoms with Crippen molar-refractivity contribution in [3.63, 3.8) is 0 Å². The fraction of sp³-hybridized carbons (Fsp3) is 0.133. The molecule has 0 unspecified atom stereocenters. The summed E-state index contributed by atoms with van der Waals surface area (Å²) in [5.74, 6) is -1.11. The number of hydrogen-bond acceptors (Lipinski definition) is 5. The van der Waals surface area contributed by atoms with Gasteiger partial charge in [-0.05, 0) is 39.7 Å². The molecule has 1 N–H and O–H groups in total. The van der Waals surface area contributed by atoms with Crippen LogP contribution in [0.1, 0.15) is 5.56 Å². The van der Waals surface area contributed by atoms with Gasteiger partial charge >= 0.3 is 0 Å². The lowest BCUT2D eigenvalue weighted by Crippen LogP contribution is -2.28. The van der Waals surface area contributed by atoms with Crippen LogP contribution in [0.25, 0.3) is 0 Å². The Bertz CT molecular complexity index is 784. The van der Waals surface area contributed by atoms with Gasteiger partial charge in [-0.2, -0.15) is 0 Å². The predicted octanol–water partition coefficient (Wildman–Crippen LogP) is 2.27. The number of carbonyl (C=O) groups is 1. The third-order valence-electron chi connectivity index (χ3n) is 2.98. The van der Waals surface area contributed by atoms with E-state index in [0.717, 1.165) is 18.2 Å². The van der Waals surface area contributed by atoms with E-state index < -0.39 is 22.4 Å². The van der Waals surface area contributed by atoms with Crippen LogP contribution >= 0.6 is 15.9 Å². The van der Waals surface area contributed by atoms with Crippen LogP contribution in [0.5, 0.6) is 11.5 Å². The highest BCUT2D eigenvalue weighted by Crippen LogP contribution is 2.25. The summed E-state index contributed by atoms with van der Waals surface area (Å²) in [6.45, 7) is -0.513. The molecule has 0 aliphatic heterocycles. The quantitative estimate of drug-likeness (QED) is 0.594. The largest absolute Gasteiger partial charge is 0.872 e. The maximum atomic E-state index is 12.9. The van der Waals surface area contributed by atoms with Gasteiger partial charge in [-0.3, -0.25) is 14.9 Å². The number of nitrogens with zero attached hydrogens (tertiary/aromatic N) is 1. The van der Waals surface area contributed by atoms with Crippen LogP contribution in [0.3, 0.4) is 0 Å². The molecule has 1 amide bonds. The van der Waals surface area contributed by atoms with Gasteiger partial charge < -0.3 is 15.2 Å². The minimum atomic E-state index is -0.625. The van der Waals surface area contributed by atoms with E-state index in [1.807, 2.05) is 0 Å². The predicted molar refractivity (Wildman–Crippen MR) is 84.0 cm³/mol. The molecule has 0 fully saturated rings. The van der Waals surface area contributed by atoms with Gasteiger partial charge in [0, 0.05) is 18.7 Å². The van der Waals surface area contributed by atoms with Crippen LogP contribution in [0.15, 0.2) is 40.9 Å². The van der Waals surface area contributed by atoms with Gasteiger partial charge in [0.05, 0.1) is 9.40 Å². The fourth-order valence-corrected chi connectivity index (χ4v) is 2.26. The number of rotatable bonds is 6. The lowest BCUT2D eigenvalue weighted by atomic mass is 10.2. The molecule has 0 heterocycles. The number of non-ortho nitro benzene ring substituents is 1. The molecule has 24 heavy (non-hydrogen) atoms. The Morgan fingerprint density at radius 1 is 1.29 bits per heavy atom. The zero-order valence-corrected chi connectivity index (χ0v) is 13.7. The number of ether oxygens (including phenoxy) is 1. The van der Waals surface area contributed by atoms with Crippen molar-refractivity contribution in [2.24, 2.45) is 0 Å². The van der Waals surface area contributed by atoms with Crippen molar-refractivity contribution in [2.45, 2.75) is 6.54 Å². The molecule has 0 spiro atoms. The van der Waals surface area contributed by atoms with Gasteiger partial charge in [0.15, 0.2) is 6.61 Å². The SMILES string of the molecule is O=C(COc1ccc(F)cc1Br)NCc1cc([N+](=O)[O-])ccc1[O-]. The highest BCUT2D eigenvalue weighted by molar-refractivity contribution is 9.10. The number of carbonyl (C=O) groups excluding carboxylic acids is 1. The Morgan fingerprint density at radius 2 is 2.04 bits per heavy atom. The molecule has 126 valence electrons. The zero-order chi connectivity index (χ0) is 17.7. The van der Waals surface area contributed by atoms with E-state index >= 15 is 0 Å². The first-order valence-corrected chi connectivity index (χ1v) is 7.45. The lowest BCUT2D eigenvalue weighted by molar-refractivity contribution is -0.385. The molecule has 2 aromatic carbocycles. The summed E-state index contributed by atoms with van der Waals surface area (Å²) in [4.78, 5) is 21.8. The zero-order valence-electron chi connectivity index (χ0n) is 12.1. The smallest absolute Gasteiger partial charge is 0.269 e. The molecule has 0 saturated heterocycles. The summed E-state index contributed by atoms with van der Waals surface area (Å²) in [7, 11) is 0. The average molecular weight is 398 g/mol. The summed E-state index contributed by atoms with van der Waals surface area (Å²) < 4.78 is 18.5. The number of nitro groups is 1. The van der Waals surface area contributed by atoms with Crippen LogP contribution in [-0.4, -0.2) is 17.4 Å². The van der Waals surface area contributed by atoms with E-state index in [4.69, 9.17) is 4.74 Å². The molecule has 0 aliphatic rings. The van der Waals surface area contributed by atoms with Crippen LogP contribution in [0, 0.1) is 15.9 Å². The standard InChI is InChI=1S/C15H12BrFN2O5/c16-12-6-10(17)1-4-14(12)24-8-15(21)18-7-9-5-11(19(22)23)2-3-13(9)20/h1-6,20H,7-8H2,(H,18,21)/p-1.